The van der Waals surface area contributed by atoms with Crippen LogP contribution in [0.25, 0.3) is 0 Å². The van der Waals surface area contributed by atoms with Gasteiger partial charge in [0.05, 0.1) is 0 Å². The van der Waals surface area contributed by atoms with Crippen molar-refractivity contribution in [3.8, 4) is 0 Å². The van der Waals surface area contributed by atoms with Crippen molar-refractivity contribution in [1.82, 2.24) is 4.98 Å². The largest absolute Gasteiger partial charge is 0.476 e. The van der Waals surface area contributed by atoms with Crippen LogP contribution >= 0.6 is 0 Å². The van der Waals surface area contributed by atoms with Gasteiger partial charge in [-0.2, -0.15) is 0 Å². The number of hydrogen-bond acceptors (Lipinski definition) is 5. The minimum absolute atomic E-state index is 0.257. The Kier molecular flexibility index (Phi) is 3.96. The number of rotatable bonds is 5. The predicted molar refractivity (Wildman–Crippen MR) is 55.1 cm³/mol. The Morgan fingerprint density at radius 1 is 1.62 bits per heavy atom. The van der Waals surface area contributed by atoms with Gasteiger partial charge in [0.25, 0.3) is 0 Å². The first-order valence-electron chi connectivity index (χ1n) is 4.20. The molecule has 1 rings (SSSR count). The summed E-state index contributed by atoms with van der Waals surface area (Å²) in [6, 6.07) is 2.92. The van der Waals surface area contributed by atoms with Gasteiger partial charge < -0.3 is 15.3 Å². The first-order chi connectivity index (χ1) is 7.69. The number of anilines is 1. The van der Waals surface area contributed by atoms with Crippen LogP contribution in [0.2, 0.25) is 0 Å². The molecule has 0 aromatic carbocycles. The van der Waals surface area contributed by atoms with E-state index in [1.807, 2.05) is 0 Å². The van der Waals surface area contributed by atoms with Crippen LogP contribution in [-0.4, -0.2) is 35.3 Å². The van der Waals surface area contributed by atoms with Gasteiger partial charge in [0, 0.05) is 11.8 Å². The highest BCUT2D eigenvalue weighted by Gasteiger charge is 2.13. The van der Waals surface area contributed by atoms with Crippen molar-refractivity contribution in [2.45, 2.75) is 0 Å². The fraction of sp³-hybridized carbons (Fsp3) is 0.111. The van der Waals surface area contributed by atoms with Crippen molar-refractivity contribution in [2.24, 2.45) is 5.16 Å². The molecule has 0 atom stereocenters. The van der Waals surface area contributed by atoms with Gasteiger partial charge in [0.1, 0.15) is 12.9 Å². The van der Waals surface area contributed by atoms with E-state index >= 15 is 0 Å². The van der Waals surface area contributed by atoms with Crippen LogP contribution in [0.3, 0.4) is 0 Å². The van der Waals surface area contributed by atoms with Gasteiger partial charge in [-0.15, -0.1) is 0 Å². The number of nitrogens with zero attached hydrogens (tertiary/aromatic N) is 2. The monoisotopic (exact) mass is 223 g/mol. The molecule has 0 unspecified atom stereocenters. The number of carbonyl (C=O) groups is 2. The molecule has 84 valence electrons. The Hall–Kier alpha value is -2.44. The lowest BCUT2D eigenvalue weighted by molar-refractivity contribution is -0.129. The normalized spacial score (nSPS) is 10.7. The van der Waals surface area contributed by atoms with Gasteiger partial charge in [-0.1, -0.05) is 5.16 Å². The molecular formula is C9H9N3O4. The summed E-state index contributed by atoms with van der Waals surface area (Å²) in [4.78, 5) is 29.1. The summed E-state index contributed by atoms with van der Waals surface area (Å²) in [6.45, 7) is 0. The summed E-state index contributed by atoms with van der Waals surface area (Å²) in [5.74, 6) is -0.902. The van der Waals surface area contributed by atoms with E-state index < -0.39 is 5.97 Å². The first kappa shape index (κ1) is 11.6. The second-order valence-corrected chi connectivity index (χ2v) is 2.62. The molecule has 7 nitrogen and oxygen atoms in total. The standard InChI is InChI=1S/C9H9N3O4/c1-16-12-8(9(14)15)6-2-3-7(10-4-6)11-5-13/h2-5H,1H3,(H,14,15)(H,10,11,13). The van der Waals surface area contributed by atoms with Crippen LogP contribution in [0.1, 0.15) is 5.56 Å². The number of carboxylic acids is 1. The lowest BCUT2D eigenvalue weighted by Crippen LogP contribution is -2.15. The Bertz CT molecular complexity index is 413. The summed E-state index contributed by atoms with van der Waals surface area (Å²) in [7, 11) is 1.25. The van der Waals surface area contributed by atoms with Gasteiger partial charge in [-0.3, -0.25) is 4.79 Å². The molecule has 1 aromatic rings. The van der Waals surface area contributed by atoms with E-state index in [-0.39, 0.29) is 11.3 Å². The van der Waals surface area contributed by atoms with Crippen molar-refractivity contribution >= 4 is 23.9 Å². The van der Waals surface area contributed by atoms with Crippen molar-refractivity contribution in [1.29, 1.82) is 0 Å². The lowest BCUT2D eigenvalue weighted by Gasteiger charge is -2.01. The minimum atomic E-state index is -1.22. The molecule has 0 saturated carbocycles. The number of oxime groups is 1. The molecule has 0 fully saturated rings. The van der Waals surface area contributed by atoms with Crippen molar-refractivity contribution in [2.75, 3.05) is 12.4 Å². The maximum Gasteiger partial charge on any atom is 0.358 e. The number of hydrogen-bond donors (Lipinski definition) is 2. The molecule has 1 aromatic heterocycles. The topological polar surface area (TPSA) is 101 Å². The molecule has 0 aliphatic carbocycles. The molecule has 0 aliphatic rings. The van der Waals surface area contributed by atoms with Gasteiger partial charge >= 0.3 is 5.97 Å². The van der Waals surface area contributed by atoms with Crippen LogP contribution in [0, 0.1) is 0 Å². The van der Waals surface area contributed by atoms with Gasteiger partial charge in [0.15, 0.2) is 5.71 Å². The molecule has 0 radical (unpaired) electrons. The molecule has 1 heterocycles. The number of aromatic nitrogens is 1. The highest BCUT2D eigenvalue weighted by Crippen LogP contribution is 2.06. The van der Waals surface area contributed by atoms with Gasteiger partial charge in [-0.05, 0) is 12.1 Å². The fourth-order valence-corrected chi connectivity index (χ4v) is 0.986. The van der Waals surface area contributed by atoms with E-state index in [0.29, 0.717) is 12.2 Å². The molecule has 1 amide bonds. The Balaban J connectivity index is 2.99. The molecular weight excluding hydrogens is 214 g/mol. The zero-order valence-corrected chi connectivity index (χ0v) is 8.38. The van der Waals surface area contributed by atoms with Crippen LogP contribution < -0.4 is 5.32 Å². The van der Waals surface area contributed by atoms with Crippen LogP contribution in [0.4, 0.5) is 5.82 Å². The number of carbonyl (C=O) groups excluding carboxylic acids is 1. The summed E-state index contributed by atoms with van der Waals surface area (Å²) in [5, 5.41) is 14.5. The maximum atomic E-state index is 10.8. The Morgan fingerprint density at radius 3 is 2.81 bits per heavy atom. The van der Waals surface area contributed by atoms with Crippen LogP contribution in [0.15, 0.2) is 23.5 Å². The number of pyridine rings is 1. The highest BCUT2D eigenvalue weighted by molar-refractivity contribution is 6.42. The third-order valence-electron chi connectivity index (χ3n) is 1.63. The summed E-state index contributed by atoms with van der Waals surface area (Å²) >= 11 is 0. The second-order valence-electron chi connectivity index (χ2n) is 2.62. The smallest absolute Gasteiger partial charge is 0.358 e. The average molecular weight is 223 g/mol. The number of amides is 1. The van der Waals surface area contributed by atoms with Crippen LogP contribution in [-0.2, 0) is 14.4 Å². The fourth-order valence-electron chi connectivity index (χ4n) is 0.986. The Morgan fingerprint density at radius 2 is 2.38 bits per heavy atom. The summed E-state index contributed by atoms with van der Waals surface area (Å²) in [6.07, 6.45) is 1.75. The zero-order valence-electron chi connectivity index (χ0n) is 8.38. The predicted octanol–water partition coefficient (Wildman–Crippen LogP) is 0.0850. The maximum absolute atomic E-state index is 10.8. The van der Waals surface area contributed by atoms with Gasteiger partial charge in [-0.25, -0.2) is 9.78 Å². The number of aliphatic carboxylic acids is 1. The molecule has 2 N–H and O–H groups in total. The average Bonchev–Trinajstić information content (AvgIpc) is 2.27. The third-order valence-corrected chi connectivity index (χ3v) is 1.63. The Labute approximate surface area is 90.7 Å². The minimum Gasteiger partial charge on any atom is -0.476 e. The van der Waals surface area contributed by atoms with Crippen molar-refractivity contribution < 1.29 is 19.5 Å². The molecule has 7 heteroatoms. The third kappa shape index (κ3) is 2.77. The van der Waals surface area contributed by atoms with Crippen molar-refractivity contribution in [3.63, 3.8) is 0 Å². The van der Waals surface area contributed by atoms with Crippen molar-refractivity contribution in [3.05, 3.63) is 23.9 Å². The highest BCUT2D eigenvalue weighted by atomic mass is 16.6. The van der Waals surface area contributed by atoms with E-state index in [1.165, 1.54) is 25.4 Å². The SMILES string of the molecule is CON=C(C(=O)O)c1ccc(NC=O)nc1. The number of nitrogens with one attached hydrogen (secondary N) is 1. The molecule has 0 spiro atoms. The van der Waals surface area contributed by atoms with E-state index in [1.54, 1.807) is 0 Å². The van der Waals surface area contributed by atoms with E-state index in [4.69, 9.17) is 5.11 Å². The van der Waals surface area contributed by atoms with E-state index in [0.717, 1.165) is 0 Å². The molecule has 0 saturated heterocycles. The summed E-state index contributed by atoms with van der Waals surface area (Å²) < 4.78 is 0. The van der Waals surface area contributed by atoms with E-state index in [2.05, 4.69) is 20.3 Å². The quantitative estimate of drug-likeness (QED) is 0.418. The molecule has 0 bridgehead atoms. The van der Waals surface area contributed by atoms with E-state index in [9.17, 15) is 9.59 Å². The van der Waals surface area contributed by atoms with Gasteiger partial charge in [0.2, 0.25) is 6.41 Å². The second kappa shape index (κ2) is 5.44. The van der Waals surface area contributed by atoms with Crippen LogP contribution in [0.5, 0.6) is 0 Å². The molecule has 0 aliphatic heterocycles. The molecule has 16 heavy (non-hydrogen) atoms. The zero-order chi connectivity index (χ0) is 12.0. The summed E-state index contributed by atoms with van der Waals surface area (Å²) in [5.41, 5.74) is 0.0263. The first-order valence-corrected chi connectivity index (χ1v) is 4.20. The number of carboxylic acid groups (broad SMARTS) is 1. The lowest BCUT2D eigenvalue weighted by atomic mass is 10.2.